The number of phenolic OH excluding ortho intramolecular Hbond substituents is 2. The van der Waals surface area contributed by atoms with Gasteiger partial charge in [0.2, 0.25) is 0 Å². The molecule has 0 fully saturated rings. The summed E-state index contributed by atoms with van der Waals surface area (Å²) in [5.74, 6) is 0.0764. The molecule has 0 heterocycles. The van der Waals surface area contributed by atoms with E-state index < -0.39 is 0 Å². The molecule has 0 unspecified atom stereocenters. The van der Waals surface area contributed by atoms with Crippen LogP contribution in [0.25, 0.3) is 11.1 Å². The van der Waals surface area contributed by atoms with Crippen LogP contribution in [0.4, 0.5) is 11.4 Å². The Bertz CT molecular complexity index is 489. The molecule has 0 bridgehead atoms. The van der Waals surface area contributed by atoms with Crippen molar-refractivity contribution < 1.29 is 10.2 Å². The van der Waals surface area contributed by atoms with Crippen LogP contribution in [0.3, 0.4) is 0 Å². The van der Waals surface area contributed by atoms with Crippen molar-refractivity contribution in [2.75, 3.05) is 11.5 Å². The van der Waals surface area contributed by atoms with Gasteiger partial charge in [-0.3, -0.25) is 0 Å². The van der Waals surface area contributed by atoms with Crippen LogP contribution < -0.4 is 11.5 Å². The van der Waals surface area contributed by atoms with Crippen molar-refractivity contribution in [1.82, 2.24) is 0 Å². The number of rotatable bonds is 1. The van der Waals surface area contributed by atoms with E-state index in [1.54, 1.807) is 30.3 Å². The van der Waals surface area contributed by atoms with Gasteiger partial charge in [-0.05, 0) is 35.4 Å². The number of phenols is 2. The van der Waals surface area contributed by atoms with Crippen molar-refractivity contribution in [3.05, 3.63) is 36.4 Å². The molecule has 0 radical (unpaired) electrons. The molecule has 4 nitrogen and oxygen atoms in total. The molecule has 16 heavy (non-hydrogen) atoms. The van der Waals surface area contributed by atoms with Crippen LogP contribution in [-0.2, 0) is 0 Å². The van der Waals surface area contributed by atoms with Gasteiger partial charge in [-0.25, -0.2) is 0 Å². The standard InChI is InChI=1S/C12H12N2O2/c13-9-3-1-8(6-12(9)16)7-2-4-11(15)10(14)5-7/h1-6,15-16H,13-14H2. The monoisotopic (exact) mass is 216 g/mol. The van der Waals surface area contributed by atoms with Crippen molar-refractivity contribution in [2.24, 2.45) is 0 Å². The Hall–Kier alpha value is -2.36. The Morgan fingerprint density at radius 3 is 1.94 bits per heavy atom. The fraction of sp³-hybridized carbons (Fsp3) is 0. The third-order valence-electron chi connectivity index (χ3n) is 2.39. The highest BCUT2D eigenvalue weighted by atomic mass is 16.3. The van der Waals surface area contributed by atoms with Crippen LogP contribution in [0, 0.1) is 0 Å². The van der Waals surface area contributed by atoms with E-state index in [-0.39, 0.29) is 11.5 Å². The molecule has 0 aliphatic heterocycles. The van der Waals surface area contributed by atoms with Crippen LogP contribution in [0.2, 0.25) is 0 Å². The van der Waals surface area contributed by atoms with Gasteiger partial charge in [-0.2, -0.15) is 0 Å². The zero-order valence-electron chi connectivity index (χ0n) is 8.51. The minimum Gasteiger partial charge on any atom is -0.506 e. The van der Waals surface area contributed by atoms with Gasteiger partial charge in [0.1, 0.15) is 11.5 Å². The van der Waals surface area contributed by atoms with E-state index in [1.807, 2.05) is 0 Å². The number of anilines is 2. The quantitative estimate of drug-likeness (QED) is 0.433. The lowest BCUT2D eigenvalue weighted by atomic mass is 10.0. The van der Waals surface area contributed by atoms with Gasteiger partial charge in [0.15, 0.2) is 0 Å². The van der Waals surface area contributed by atoms with Crippen LogP contribution in [-0.4, -0.2) is 10.2 Å². The summed E-state index contributed by atoms with van der Waals surface area (Å²) in [7, 11) is 0. The number of hydrogen-bond acceptors (Lipinski definition) is 4. The fourth-order valence-electron chi connectivity index (χ4n) is 1.46. The van der Waals surface area contributed by atoms with Gasteiger partial charge < -0.3 is 21.7 Å². The number of nitrogens with two attached hydrogens (primary N) is 2. The Labute approximate surface area is 92.8 Å². The summed E-state index contributed by atoms with van der Waals surface area (Å²) in [6, 6.07) is 9.82. The highest BCUT2D eigenvalue weighted by Gasteiger charge is 2.04. The molecular weight excluding hydrogens is 204 g/mol. The molecule has 0 atom stereocenters. The molecule has 0 spiro atoms. The van der Waals surface area contributed by atoms with Crippen molar-refractivity contribution in [2.45, 2.75) is 0 Å². The summed E-state index contributed by atoms with van der Waals surface area (Å²) < 4.78 is 0. The van der Waals surface area contributed by atoms with E-state index in [9.17, 15) is 10.2 Å². The summed E-state index contributed by atoms with van der Waals surface area (Å²) in [6.45, 7) is 0. The van der Waals surface area contributed by atoms with Crippen LogP contribution in [0.5, 0.6) is 11.5 Å². The van der Waals surface area contributed by atoms with Gasteiger partial charge in [-0.15, -0.1) is 0 Å². The molecule has 2 aromatic rings. The second kappa shape index (κ2) is 3.66. The second-order valence-electron chi connectivity index (χ2n) is 3.55. The number of benzene rings is 2. The maximum atomic E-state index is 9.48. The first-order chi connectivity index (χ1) is 7.58. The van der Waals surface area contributed by atoms with Crippen molar-refractivity contribution in [1.29, 1.82) is 0 Å². The minimum absolute atomic E-state index is 0.0316. The lowest BCUT2D eigenvalue weighted by molar-refractivity contribution is 0.478. The van der Waals surface area contributed by atoms with Gasteiger partial charge in [-0.1, -0.05) is 12.1 Å². The molecule has 0 saturated carbocycles. The zero-order chi connectivity index (χ0) is 11.7. The molecule has 0 aliphatic rings. The molecule has 0 aromatic heterocycles. The Balaban J connectivity index is 2.50. The molecule has 2 aromatic carbocycles. The molecule has 0 amide bonds. The fourth-order valence-corrected chi connectivity index (χ4v) is 1.46. The number of nitrogen functional groups attached to an aromatic ring is 2. The Kier molecular flexibility index (Phi) is 2.32. The number of aromatic hydroxyl groups is 2. The average Bonchev–Trinajstić information content (AvgIpc) is 2.26. The maximum absolute atomic E-state index is 9.48. The average molecular weight is 216 g/mol. The van der Waals surface area contributed by atoms with Gasteiger partial charge >= 0.3 is 0 Å². The van der Waals surface area contributed by atoms with Crippen LogP contribution in [0.15, 0.2) is 36.4 Å². The summed E-state index contributed by atoms with van der Waals surface area (Å²) >= 11 is 0. The van der Waals surface area contributed by atoms with E-state index in [2.05, 4.69) is 0 Å². The van der Waals surface area contributed by atoms with E-state index in [4.69, 9.17) is 11.5 Å². The topological polar surface area (TPSA) is 92.5 Å². The summed E-state index contributed by atoms with van der Waals surface area (Å²) in [5.41, 5.74) is 13.3. The minimum atomic E-state index is 0.0316. The normalized spacial score (nSPS) is 10.2. The lowest BCUT2D eigenvalue weighted by Crippen LogP contribution is -1.88. The largest absolute Gasteiger partial charge is 0.506 e. The Morgan fingerprint density at radius 1 is 0.688 bits per heavy atom. The molecule has 6 N–H and O–H groups in total. The molecule has 82 valence electrons. The second-order valence-corrected chi connectivity index (χ2v) is 3.55. The lowest BCUT2D eigenvalue weighted by Gasteiger charge is -2.06. The molecule has 4 heteroatoms. The van der Waals surface area contributed by atoms with Gasteiger partial charge in [0, 0.05) is 0 Å². The highest BCUT2D eigenvalue weighted by molar-refractivity contribution is 5.73. The highest BCUT2D eigenvalue weighted by Crippen LogP contribution is 2.31. The van der Waals surface area contributed by atoms with E-state index in [0.29, 0.717) is 11.4 Å². The van der Waals surface area contributed by atoms with Crippen molar-refractivity contribution in [3.8, 4) is 22.6 Å². The third kappa shape index (κ3) is 1.72. The summed E-state index contributed by atoms with van der Waals surface area (Å²) in [4.78, 5) is 0. The van der Waals surface area contributed by atoms with E-state index in [0.717, 1.165) is 11.1 Å². The predicted molar refractivity (Wildman–Crippen MR) is 64.0 cm³/mol. The third-order valence-corrected chi connectivity index (χ3v) is 2.39. The van der Waals surface area contributed by atoms with Crippen LogP contribution in [0.1, 0.15) is 0 Å². The Morgan fingerprint density at radius 2 is 1.31 bits per heavy atom. The zero-order valence-corrected chi connectivity index (χ0v) is 8.51. The van der Waals surface area contributed by atoms with Crippen molar-refractivity contribution in [3.63, 3.8) is 0 Å². The number of hydrogen-bond donors (Lipinski definition) is 4. The van der Waals surface area contributed by atoms with Gasteiger partial charge in [0.05, 0.1) is 11.4 Å². The first kappa shape index (κ1) is 10.2. The molecular formula is C12H12N2O2. The van der Waals surface area contributed by atoms with Gasteiger partial charge in [0.25, 0.3) is 0 Å². The summed E-state index contributed by atoms with van der Waals surface area (Å²) in [6.07, 6.45) is 0. The summed E-state index contributed by atoms with van der Waals surface area (Å²) in [5, 5.41) is 18.8. The SMILES string of the molecule is Nc1cc(-c2ccc(N)c(O)c2)ccc1O. The molecule has 0 saturated heterocycles. The van der Waals surface area contributed by atoms with E-state index in [1.165, 1.54) is 6.07 Å². The first-order valence-electron chi connectivity index (χ1n) is 4.75. The molecule has 2 rings (SSSR count). The first-order valence-corrected chi connectivity index (χ1v) is 4.75. The van der Waals surface area contributed by atoms with Crippen LogP contribution >= 0.6 is 0 Å². The smallest absolute Gasteiger partial charge is 0.139 e. The van der Waals surface area contributed by atoms with Crippen molar-refractivity contribution >= 4 is 11.4 Å². The molecule has 0 aliphatic carbocycles. The van der Waals surface area contributed by atoms with E-state index >= 15 is 0 Å². The maximum Gasteiger partial charge on any atom is 0.139 e. The predicted octanol–water partition coefficient (Wildman–Crippen LogP) is 1.93.